The third-order valence-electron chi connectivity index (χ3n) is 5.58. The highest BCUT2D eigenvalue weighted by Crippen LogP contribution is 2.28. The number of carbonyl (C=O) groups is 1. The van der Waals surface area contributed by atoms with E-state index in [-0.39, 0.29) is 11.7 Å². The van der Waals surface area contributed by atoms with Gasteiger partial charge in [-0.3, -0.25) is 9.36 Å². The van der Waals surface area contributed by atoms with Crippen LogP contribution < -0.4 is 4.90 Å². The van der Waals surface area contributed by atoms with E-state index in [1.807, 2.05) is 34.6 Å². The summed E-state index contributed by atoms with van der Waals surface area (Å²) in [5, 5.41) is 19.3. The minimum Gasteiger partial charge on any atom is -0.506 e. The second-order valence-corrected chi connectivity index (χ2v) is 8.74. The van der Waals surface area contributed by atoms with Crippen molar-refractivity contribution in [3.05, 3.63) is 59.4 Å². The molecule has 1 N–H and O–H groups in total. The van der Waals surface area contributed by atoms with Gasteiger partial charge < -0.3 is 14.9 Å². The van der Waals surface area contributed by atoms with Crippen molar-refractivity contribution in [1.82, 2.24) is 19.7 Å². The lowest BCUT2D eigenvalue weighted by Crippen LogP contribution is -2.49. The number of rotatable bonds is 5. The van der Waals surface area contributed by atoms with Gasteiger partial charge in [0.25, 0.3) is 0 Å². The first-order chi connectivity index (χ1) is 14.9. The number of hydrogen-bond donors (Lipinski definition) is 1. The molecule has 2 aromatic carbocycles. The summed E-state index contributed by atoms with van der Waals surface area (Å²) >= 11 is 1.42. The molecule has 0 atom stereocenters. The molecular formula is C23H27N5O2S. The molecule has 31 heavy (non-hydrogen) atoms. The summed E-state index contributed by atoms with van der Waals surface area (Å²) in [6.45, 7) is 8.73. The van der Waals surface area contributed by atoms with E-state index in [4.69, 9.17) is 0 Å². The Hall–Kier alpha value is -3.00. The Morgan fingerprint density at radius 3 is 2.48 bits per heavy atom. The van der Waals surface area contributed by atoms with E-state index in [9.17, 15) is 9.90 Å². The van der Waals surface area contributed by atoms with Gasteiger partial charge in [0.1, 0.15) is 11.6 Å². The number of para-hydroxylation sites is 2. The van der Waals surface area contributed by atoms with E-state index in [2.05, 4.69) is 47.1 Å². The fourth-order valence-electron chi connectivity index (χ4n) is 3.82. The van der Waals surface area contributed by atoms with Crippen LogP contribution in [0, 0.1) is 20.8 Å². The Morgan fingerprint density at radius 2 is 1.74 bits per heavy atom. The summed E-state index contributed by atoms with van der Waals surface area (Å²) in [5.74, 6) is 1.49. The maximum absolute atomic E-state index is 12.8. The molecule has 0 aliphatic carbocycles. The minimum absolute atomic E-state index is 0.0927. The lowest BCUT2D eigenvalue weighted by atomic mass is 10.1. The van der Waals surface area contributed by atoms with Crippen molar-refractivity contribution in [1.29, 1.82) is 0 Å². The van der Waals surface area contributed by atoms with Gasteiger partial charge in [0.2, 0.25) is 5.91 Å². The highest BCUT2D eigenvalue weighted by atomic mass is 32.2. The number of carbonyl (C=O) groups excluding carboxylic acids is 1. The minimum atomic E-state index is 0.0927. The van der Waals surface area contributed by atoms with Gasteiger partial charge in [0.15, 0.2) is 5.16 Å². The molecule has 4 rings (SSSR count). The first kappa shape index (κ1) is 21.2. The van der Waals surface area contributed by atoms with Gasteiger partial charge >= 0.3 is 0 Å². The monoisotopic (exact) mass is 437 g/mol. The van der Waals surface area contributed by atoms with Crippen LogP contribution in [-0.4, -0.2) is 62.6 Å². The van der Waals surface area contributed by atoms with Gasteiger partial charge in [-0.15, -0.1) is 10.2 Å². The Morgan fingerprint density at radius 1 is 1.00 bits per heavy atom. The standard InChI is InChI=1S/C23H27N5O2S/c1-16-8-9-17(2)20(14-16)28-18(3)24-25-23(28)31-15-22(30)27-12-10-26(11-13-27)19-6-4-5-7-21(19)29/h4-9,14,29H,10-13,15H2,1-3H3. The van der Waals surface area contributed by atoms with Gasteiger partial charge in [-0.1, -0.05) is 36.0 Å². The van der Waals surface area contributed by atoms with E-state index in [0.717, 1.165) is 27.9 Å². The summed E-state index contributed by atoms with van der Waals surface area (Å²) in [6, 6.07) is 13.6. The molecule has 1 aliphatic heterocycles. The van der Waals surface area contributed by atoms with Crippen molar-refractivity contribution >= 4 is 23.4 Å². The number of aromatic nitrogens is 3. The van der Waals surface area contributed by atoms with Gasteiger partial charge in [0.05, 0.1) is 17.1 Å². The van der Waals surface area contributed by atoms with Gasteiger partial charge in [0, 0.05) is 26.2 Å². The van der Waals surface area contributed by atoms with Gasteiger partial charge in [-0.25, -0.2) is 0 Å². The molecule has 0 bridgehead atoms. The highest BCUT2D eigenvalue weighted by molar-refractivity contribution is 7.99. The first-order valence-electron chi connectivity index (χ1n) is 10.4. The lowest BCUT2D eigenvalue weighted by Gasteiger charge is -2.36. The number of aromatic hydroxyl groups is 1. The number of aryl methyl sites for hydroxylation is 3. The smallest absolute Gasteiger partial charge is 0.233 e. The molecule has 1 fully saturated rings. The van der Waals surface area contributed by atoms with Crippen LogP contribution in [0.5, 0.6) is 5.75 Å². The molecule has 1 amide bonds. The Balaban J connectivity index is 1.39. The number of hydrogen-bond acceptors (Lipinski definition) is 6. The number of nitrogens with zero attached hydrogens (tertiary/aromatic N) is 5. The second kappa shape index (κ2) is 9.01. The molecule has 162 valence electrons. The largest absolute Gasteiger partial charge is 0.506 e. The van der Waals surface area contributed by atoms with E-state index in [1.54, 1.807) is 6.07 Å². The Kier molecular flexibility index (Phi) is 6.18. The van der Waals surface area contributed by atoms with Crippen LogP contribution in [0.15, 0.2) is 47.6 Å². The zero-order chi connectivity index (χ0) is 22.0. The van der Waals surface area contributed by atoms with E-state index < -0.39 is 0 Å². The zero-order valence-electron chi connectivity index (χ0n) is 18.1. The van der Waals surface area contributed by atoms with E-state index >= 15 is 0 Å². The lowest BCUT2D eigenvalue weighted by molar-refractivity contribution is -0.128. The van der Waals surface area contributed by atoms with Crippen LogP contribution in [0.1, 0.15) is 17.0 Å². The first-order valence-corrected chi connectivity index (χ1v) is 11.4. The van der Waals surface area contributed by atoms with Crippen molar-refractivity contribution in [3.8, 4) is 11.4 Å². The third-order valence-corrected chi connectivity index (χ3v) is 6.49. The topological polar surface area (TPSA) is 74.5 Å². The van der Waals surface area contributed by atoms with Crippen molar-refractivity contribution in [2.75, 3.05) is 36.8 Å². The molecule has 8 heteroatoms. The number of amides is 1. The van der Waals surface area contributed by atoms with Crippen molar-refractivity contribution in [2.24, 2.45) is 0 Å². The number of phenolic OH excluding ortho intramolecular Hbond substituents is 1. The van der Waals surface area contributed by atoms with Gasteiger partial charge in [-0.05, 0) is 50.1 Å². The highest BCUT2D eigenvalue weighted by Gasteiger charge is 2.23. The third kappa shape index (κ3) is 4.54. The molecule has 2 heterocycles. The predicted octanol–water partition coefficient (Wildman–Crippen LogP) is 3.34. The molecule has 0 spiro atoms. The Bertz CT molecular complexity index is 1090. The summed E-state index contributed by atoms with van der Waals surface area (Å²) in [4.78, 5) is 16.8. The quantitative estimate of drug-likeness (QED) is 0.617. The normalized spacial score (nSPS) is 14.2. The number of benzene rings is 2. The maximum atomic E-state index is 12.8. The van der Waals surface area contributed by atoms with Crippen molar-refractivity contribution in [3.63, 3.8) is 0 Å². The van der Waals surface area contributed by atoms with E-state index in [0.29, 0.717) is 31.9 Å². The average molecular weight is 438 g/mol. The number of anilines is 1. The second-order valence-electron chi connectivity index (χ2n) is 7.80. The SMILES string of the molecule is Cc1ccc(C)c(-n2c(C)nnc2SCC(=O)N2CCN(c3ccccc3O)CC2)c1. The summed E-state index contributed by atoms with van der Waals surface area (Å²) in [5.41, 5.74) is 4.18. The van der Waals surface area contributed by atoms with Gasteiger partial charge in [-0.2, -0.15) is 0 Å². The predicted molar refractivity (Wildman–Crippen MR) is 123 cm³/mol. The number of thioether (sulfide) groups is 1. The van der Waals surface area contributed by atoms with Crippen molar-refractivity contribution in [2.45, 2.75) is 25.9 Å². The summed E-state index contributed by atoms with van der Waals surface area (Å²) < 4.78 is 2.02. The van der Waals surface area contributed by atoms with Crippen LogP contribution in [0.25, 0.3) is 5.69 Å². The van der Waals surface area contributed by atoms with Crippen molar-refractivity contribution < 1.29 is 9.90 Å². The number of phenols is 1. The number of piperazine rings is 1. The molecule has 0 unspecified atom stereocenters. The van der Waals surface area contributed by atoms with Crippen LogP contribution >= 0.6 is 11.8 Å². The zero-order valence-corrected chi connectivity index (χ0v) is 18.9. The van der Waals surface area contributed by atoms with Crippen LogP contribution in [0.4, 0.5) is 5.69 Å². The summed E-state index contributed by atoms with van der Waals surface area (Å²) in [7, 11) is 0. The van der Waals surface area contributed by atoms with Crippen LogP contribution in [0.3, 0.4) is 0 Å². The van der Waals surface area contributed by atoms with Crippen LogP contribution in [0.2, 0.25) is 0 Å². The Labute approximate surface area is 186 Å². The van der Waals surface area contributed by atoms with E-state index in [1.165, 1.54) is 17.3 Å². The maximum Gasteiger partial charge on any atom is 0.233 e. The molecule has 7 nitrogen and oxygen atoms in total. The molecular weight excluding hydrogens is 410 g/mol. The molecule has 0 radical (unpaired) electrons. The summed E-state index contributed by atoms with van der Waals surface area (Å²) in [6.07, 6.45) is 0. The fourth-order valence-corrected chi connectivity index (χ4v) is 4.71. The average Bonchev–Trinajstić information content (AvgIpc) is 3.14. The molecule has 1 aromatic heterocycles. The molecule has 1 saturated heterocycles. The van der Waals surface area contributed by atoms with Crippen LogP contribution in [-0.2, 0) is 4.79 Å². The molecule has 3 aromatic rings. The molecule has 0 saturated carbocycles. The molecule has 1 aliphatic rings. The fraction of sp³-hybridized carbons (Fsp3) is 0.348.